The molecule has 0 aliphatic rings. The van der Waals surface area contributed by atoms with Crippen LogP contribution in [0.2, 0.25) is 0 Å². The molecule has 0 amide bonds. The van der Waals surface area contributed by atoms with E-state index in [2.05, 4.69) is 0 Å². The molecule has 0 saturated heterocycles. The van der Waals surface area contributed by atoms with Crippen LogP contribution in [-0.4, -0.2) is 11.1 Å². The summed E-state index contributed by atoms with van der Waals surface area (Å²) in [5, 5.41) is 8.12. The third-order valence-corrected chi connectivity index (χ3v) is 0.989. The lowest BCUT2D eigenvalue weighted by Gasteiger charge is -1.88. The second kappa shape index (κ2) is 3.50. The molecule has 2 nitrogen and oxygen atoms in total. The first-order chi connectivity index (χ1) is 3.66. The molecule has 0 aromatic carbocycles. The van der Waals surface area contributed by atoms with Gasteiger partial charge in [-0.25, -0.2) is 0 Å². The van der Waals surface area contributed by atoms with Gasteiger partial charge in [-0.05, 0) is 6.92 Å². The van der Waals surface area contributed by atoms with Crippen molar-refractivity contribution in [1.82, 2.24) is 0 Å². The van der Waals surface area contributed by atoms with Crippen LogP contribution >= 0.6 is 11.6 Å². The molecule has 0 bridgehead atoms. The van der Waals surface area contributed by atoms with Gasteiger partial charge in [0.25, 0.3) is 0 Å². The van der Waals surface area contributed by atoms with E-state index in [0.717, 1.165) is 0 Å². The van der Waals surface area contributed by atoms with Crippen LogP contribution < -0.4 is 0 Å². The van der Waals surface area contributed by atoms with Gasteiger partial charge in [-0.15, -0.1) is 0 Å². The van der Waals surface area contributed by atoms with Crippen molar-refractivity contribution in [3.8, 4) is 0 Å². The van der Waals surface area contributed by atoms with Crippen LogP contribution in [0.4, 0.5) is 0 Å². The molecule has 0 unspecified atom stereocenters. The number of hydrogen-bond acceptors (Lipinski definition) is 1. The fourth-order valence-electron chi connectivity index (χ4n) is 0.277. The summed E-state index contributed by atoms with van der Waals surface area (Å²) < 4.78 is 0. The van der Waals surface area contributed by atoms with E-state index in [0.29, 0.717) is 5.57 Å². The van der Waals surface area contributed by atoms with Crippen LogP contribution in [0.1, 0.15) is 13.3 Å². The van der Waals surface area contributed by atoms with E-state index in [1.165, 1.54) is 5.54 Å². The molecule has 8 heavy (non-hydrogen) atoms. The summed E-state index contributed by atoms with van der Waals surface area (Å²) in [5.41, 5.74) is 1.94. The Hall–Kier alpha value is -0.500. The Balaban J connectivity index is 3.56. The topological polar surface area (TPSA) is 37.3 Å². The number of carbonyl (C=O) groups is 1. The van der Waals surface area contributed by atoms with Gasteiger partial charge in [-0.2, -0.15) is 0 Å². The van der Waals surface area contributed by atoms with Crippen molar-refractivity contribution >= 4 is 17.6 Å². The van der Waals surface area contributed by atoms with Gasteiger partial charge in [-0.3, -0.25) is 4.79 Å². The summed E-state index contributed by atoms with van der Waals surface area (Å²) in [5.74, 6) is -0.848. The Labute approximate surface area is 52.8 Å². The van der Waals surface area contributed by atoms with E-state index in [1.807, 2.05) is 0 Å². The third-order valence-electron chi connectivity index (χ3n) is 0.616. The minimum Gasteiger partial charge on any atom is -0.481 e. The number of halogens is 1. The highest BCUT2D eigenvalue weighted by Gasteiger charge is 1.95. The van der Waals surface area contributed by atoms with E-state index < -0.39 is 5.97 Å². The molecule has 0 fully saturated rings. The van der Waals surface area contributed by atoms with Crippen LogP contribution in [0, 0.1) is 0 Å². The lowest BCUT2D eigenvalue weighted by atomic mass is 10.2. The number of rotatable bonds is 2. The maximum Gasteiger partial charge on any atom is 0.307 e. The fraction of sp³-hybridized carbons (Fsp3) is 0.400. The molecule has 0 aliphatic carbocycles. The molecule has 0 heterocycles. The van der Waals surface area contributed by atoms with E-state index in [1.54, 1.807) is 6.92 Å². The van der Waals surface area contributed by atoms with Gasteiger partial charge in [0, 0.05) is 5.54 Å². The lowest BCUT2D eigenvalue weighted by Crippen LogP contribution is -1.93. The van der Waals surface area contributed by atoms with Crippen LogP contribution in [0.3, 0.4) is 0 Å². The molecule has 0 atom stereocenters. The van der Waals surface area contributed by atoms with Crippen LogP contribution in [0.25, 0.3) is 0 Å². The van der Waals surface area contributed by atoms with Gasteiger partial charge in [0.05, 0.1) is 6.42 Å². The summed E-state index contributed by atoms with van der Waals surface area (Å²) in [7, 11) is 0. The summed E-state index contributed by atoms with van der Waals surface area (Å²) in [6.07, 6.45) is 0.0312. The average Bonchev–Trinajstić information content (AvgIpc) is 1.65. The molecule has 0 aromatic rings. The number of aliphatic carboxylic acids is 1. The highest BCUT2D eigenvalue weighted by Crippen LogP contribution is 1.99. The minimum absolute atomic E-state index is 0.0312. The maximum absolute atomic E-state index is 9.87. The van der Waals surface area contributed by atoms with Crippen molar-refractivity contribution in [3.63, 3.8) is 0 Å². The molecule has 0 spiro atoms. The molecule has 0 aromatic heterocycles. The van der Waals surface area contributed by atoms with Crippen molar-refractivity contribution in [1.29, 1.82) is 0 Å². The maximum atomic E-state index is 9.87. The minimum atomic E-state index is -0.848. The Morgan fingerprint density at radius 2 is 2.38 bits per heavy atom. The van der Waals surface area contributed by atoms with Gasteiger partial charge in [0.15, 0.2) is 0 Å². The first kappa shape index (κ1) is 7.50. The first-order valence-electron chi connectivity index (χ1n) is 2.14. The smallest absolute Gasteiger partial charge is 0.307 e. The number of carboxylic acid groups (broad SMARTS) is 1. The molecule has 0 saturated carbocycles. The summed E-state index contributed by atoms with van der Waals surface area (Å²) in [4.78, 5) is 9.87. The van der Waals surface area contributed by atoms with E-state index in [9.17, 15) is 4.79 Å². The molecule has 0 aliphatic heterocycles. The van der Waals surface area contributed by atoms with Gasteiger partial charge in [0.1, 0.15) is 0 Å². The van der Waals surface area contributed by atoms with Gasteiger partial charge in [-0.1, -0.05) is 17.2 Å². The molecule has 46 valence electrons. The van der Waals surface area contributed by atoms with Gasteiger partial charge >= 0.3 is 5.97 Å². The highest BCUT2D eigenvalue weighted by molar-refractivity contribution is 6.25. The quantitative estimate of drug-likeness (QED) is 0.623. The molecule has 1 N–H and O–H groups in total. The Morgan fingerprint density at radius 1 is 1.88 bits per heavy atom. The molecule has 3 heteroatoms. The number of carboxylic acids is 1. The van der Waals surface area contributed by atoms with E-state index >= 15 is 0 Å². The summed E-state index contributed by atoms with van der Waals surface area (Å²) in [6, 6.07) is 0. The number of hydrogen-bond donors (Lipinski definition) is 1. The Kier molecular flexibility index (Phi) is 3.28. The van der Waals surface area contributed by atoms with Crippen LogP contribution in [0.15, 0.2) is 11.1 Å². The van der Waals surface area contributed by atoms with E-state index in [4.69, 9.17) is 16.7 Å². The Bertz CT molecular complexity index is 118. The third kappa shape index (κ3) is 3.68. The average molecular weight is 135 g/mol. The molecule has 0 radical (unpaired) electrons. The van der Waals surface area contributed by atoms with Crippen molar-refractivity contribution < 1.29 is 9.90 Å². The lowest BCUT2D eigenvalue weighted by molar-refractivity contribution is -0.136. The van der Waals surface area contributed by atoms with Gasteiger partial charge in [0.2, 0.25) is 0 Å². The van der Waals surface area contributed by atoms with Crippen molar-refractivity contribution in [2.24, 2.45) is 0 Å². The SMILES string of the molecule is C/C(=C\Cl)CC(=O)O. The predicted molar refractivity (Wildman–Crippen MR) is 31.9 cm³/mol. The van der Waals surface area contributed by atoms with Crippen LogP contribution in [0.5, 0.6) is 0 Å². The van der Waals surface area contributed by atoms with Gasteiger partial charge < -0.3 is 5.11 Å². The van der Waals surface area contributed by atoms with Crippen LogP contribution in [-0.2, 0) is 4.79 Å². The highest BCUT2D eigenvalue weighted by atomic mass is 35.5. The fourth-order valence-corrected chi connectivity index (χ4v) is 0.354. The first-order valence-corrected chi connectivity index (χ1v) is 2.58. The second-order valence-corrected chi connectivity index (χ2v) is 1.74. The largest absolute Gasteiger partial charge is 0.481 e. The van der Waals surface area contributed by atoms with Crippen molar-refractivity contribution in [3.05, 3.63) is 11.1 Å². The predicted octanol–water partition coefficient (Wildman–Crippen LogP) is 1.60. The van der Waals surface area contributed by atoms with Crippen molar-refractivity contribution in [2.45, 2.75) is 13.3 Å². The van der Waals surface area contributed by atoms with E-state index in [-0.39, 0.29) is 6.42 Å². The monoisotopic (exact) mass is 134 g/mol. The molecular weight excluding hydrogens is 128 g/mol. The molecule has 0 rings (SSSR count). The summed E-state index contributed by atoms with van der Waals surface area (Å²) in [6.45, 7) is 1.67. The standard InChI is InChI=1S/C5H7ClO2/c1-4(3-6)2-5(7)8/h3H,2H2,1H3,(H,7,8)/b4-3+. The molecular formula is C5H7ClO2. The zero-order valence-corrected chi connectivity index (χ0v) is 5.27. The zero-order chi connectivity index (χ0) is 6.57. The van der Waals surface area contributed by atoms with Crippen molar-refractivity contribution in [2.75, 3.05) is 0 Å². The second-order valence-electron chi connectivity index (χ2n) is 1.53. The summed E-state index contributed by atoms with van der Waals surface area (Å²) >= 11 is 5.17. The Morgan fingerprint density at radius 3 is 2.50 bits per heavy atom. The normalized spacial score (nSPS) is 11.5. The zero-order valence-electron chi connectivity index (χ0n) is 4.52.